The van der Waals surface area contributed by atoms with Gasteiger partial charge in [-0.3, -0.25) is 4.79 Å². The Morgan fingerprint density at radius 2 is 1.85 bits per heavy atom. The Morgan fingerprint density at radius 1 is 1.23 bits per heavy atom. The van der Waals surface area contributed by atoms with Gasteiger partial charge in [-0.15, -0.1) is 0 Å². The van der Waals surface area contributed by atoms with Gasteiger partial charge < -0.3 is 4.74 Å². The summed E-state index contributed by atoms with van der Waals surface area (Å²) in [5, 5.41) is -0.148. The molecule has 0 spiro atoms. The fourth-order valence-electron chi connectivity index (χ4n) is 3.13. The molecule has 9 heteroatoms. The van der Waals surface area contributed by atoms with Gasteiger partial charge in [-0.2, -0.15) is 13.2 Å². The quantitative estimate of drug-likeness (QED) is 0.641. The largest absolute Gasteiger partial charge is 0.411 e. The Morgan fingerprint density at radius 3 is 2.38 bits per heavy atom. The summed E-state index contributed by atoms with van der Waals surface area (Å²) < 4.78 is 65.4. The molecule has 0 N–H and O–H groups in total. The van der Waals surface area contributed by atoms with Crippen molar-refractivity contribution in [1.29, 1.82) is 0 Å². The fraction of sp³-hybridized carbons (Fsp3) is 0.588. The summed E-state index contributed by atoms with van der Waals surface area (Å²) in [6.45, 7) is -2.18. The number of ketones is 1. The molecule has 1 aliphatic carbocycles. The summed E-state index contributed by atoms with van der Waals surface area (Å²) in [6, 6.07) is 2.55. The van der Waals surface area contributed by atoms with Crippen molar-refractivity contribution in [3.05, 3.63) is 28.3 Å². The summed E-state index contributed by atoms with van der Waals surface area (Å²) >= 11 is 6.24. The molecule has 0 saturated heterocycles. The van der Waals surface area contributed by atoms with E-state index in [1.165, 1.54) is 12.1 Å². The van der Waals surface area contributed by atoms with Crippen LogP contribution >= 0.6 is 11.6 Å². The van der Waals surface area contributed by atoms with Crippen molar-refractivity contribution >= 4 is 27.2 Å². The molecular weight excluding hydrogens is 393 g/mol. The molecule has 0 atom stereocenters. The lowest BCUT2D eigenvalue weighted by Crippen LogP contribution is -2.20. The van der Waals surface area contributed by atoms with E-state index >= 15 is 0 Å². The fourth-order valence-corrected chi connectivity index (χ4v) is 4.42. The molecule has 0 amide bonds. The van der Waals surface area contributed by atoms with Crippen LogP contribution in [-0.2, 0) is 21.2 Å². The smallest absolute Gasteiger partial charge is 0.367 e. The number of halogens is 4. The third-order valence-electron chi connectivity index (χ3n) is 4.35. The second kappa shape index (κ2) is 8.27. The van der Waals surface area contributed by atoms with Crippen LogP contribution in [0, 0.1) is 5.92 Å². The van der Waals surface area contributed by atoms with Crippen LogP contribution in [0.1, 0.15) is 48.0 Å². The van der Waals surface area contributed by atoms with Crippen LogP contribution < -0.4 is 0 Å². The van der Waals surface area contributed by atoms with Gasteiger partial charge in [0.2, 0.25) is 0 Å². The van der Waals surface area contributed by atoms with Gasteiger partial charge in [0.1, 0.15) is 6.61 Å². The van der Waals surface area contributed by atoms with Crippen molar-refractivity contribution in [2.45, 2.75) is 49.8 Å². The van der Waals surface area contributed by atoms with Crippen LogP contribution in [0.5, 0.6) is 0 Å². The number of ether oxygens (including phenoxy) is 1. The predicted octanol–water partition coefficient (Wildman–Crippen LogP) is 4.59. The lowest BCUT2D eigenvalue weighted by molar-refractivity contribution is -0.176. The summed E-state index contributed by atoms with van der Waals surface area (Å²) in [6.07, 6.45) is 0.739. The Balaban J connectivity index is 2.36. The SMILES string of the molecule is CS(=O)(=O)c1ccc(C(=O)C2CCCCC2)c(Cl)c1COCC(F)(F)F. The Labute approximate surface area is 155 Å². The number of carbonyl (C=O) groups is 1. The highest BCUT2D eigenvalue weighted by Crippen LogP contribution is 2.34. The van der Waals surface area contributed by atoms with Crippen LogP contribution in [0.3, 0.4) is 0 Å². The van der Waals surface area contributed by atoms with E-state index in [0.717, 1.165) is 38.4 Å². The molecule has 1 aliphatic rings. The number of Topliss-reactive ketones (excluding diaryl/α,β-unsaturated/α-hetero) is 1. The highest BCUT2D eigenvalue weighted by molar-refractivity contribution is 7.90. The third kappa shape index (κ3) is 5.44. The monoisotopic (exact) mass is 412 g/mol. The molecule has 1 saturated carbocycles. The zero-order valence-electron chi connectivity index (χ0n) is 14.2. The number of hydrogen-bond donors (Lipinski definition) is 0. The molecule has 146 valence electrons. The number of carbonyl (C=O) groups excluding carboxylic acids is 1. The van der Waals surface area contributed by atoms with E-state index in [-0.39, 0.29) is 32.7 Å². The van der Waals surface area contributed by atoms with Crippen molar-refractivity contribution in [2.75, 3.05) is 12.9 Å². The molecule has 1 aromatic rings. The first kappa shape index (κ1) is 21.2. The minimum absolute atomic E-state index is 0.111. The number of sulfone groups is 1. The zero-order chi connectivity index (χ0) is 19.5. The van der Waals surface area contributed by atoms with E-state index < -0.39 is 29.2 Å². The van der Waals surface area contributed by atoms with E-state index in [9.17, 15) is 26.4 Å². The first-order valence-corrected chi connectivity index (χ1v) is 10.5. The lowest BCUT2D eigenvalue weighted by Gasteiger charge is -2.22. The molecular formula is C17H20ClF3O4S. The van der Waals surface area contributed by atoms with E-state index in [2.05, 4.69) is 4.74 Å². The van der Waals surface area contributed by atoms with Crippen molar-refractivity contribution in [2.24, 2.45) is 5.92 Å². The van der Waals surface area contributed by atoms with Crippen LogP contribution in [0.2, 0.25) is 5.02 Å². The summed E-state index contributed by atoms with van der Waals surface area (Å²) in [5.74, 6) is -0.402. The molecule has 0 unspecified atom stereocenters. The van der Waals surface area contributed by atoms with Crippen LogP contribution in [0.25, 0.3) is 0 Å². The maximum absolute atomic E-state index is 12.7. The highest BCUT2D eigenvalue weighted by Gasteiger charge is 2.30. The second-order valence-corrected chi connectivity index (χ2v) is 8.85. The van der Waals surface area contributed by atoms with Gasteiger partial charge in [0, 0.05) is 23.3 Å². The van der Waals surface area contributed by atoms with Gasteiger partial charge in [0.15, 0.2) is 15.6 Å². The van der Waals surface area contributed by atoms with E-state index in [1.54, 1.807) is 0 Å². The maximum Gasteiger partial charge on any atom is 0.411 e. The number of benzene rings is 1. The Bertz CT molecular complexity index is 769. The van der Waals surface area contributed by atoms with Crippen LogP contribution in [0.4, 0.5) is 13.2 Å². The van der Waals surface area contributed by atoms with Gasteiger partial charge in [-0.05, 0) is 25.0 Å². The average Bonchev–Trinajstić information content (AvgIpc) is 2.54. The topological polar surface area (TPSA) is 60.4 Å². The molecule has 26 heavy (non-hydrogen) atoms. The van der Waals surface area contributed by atoms with Crippen molar-refractivity contribution in [1.82, 2.24) is 0 Å². The molecule has 1 fully saturated rings. The van der Waals surface area contributed by atoms with Gasteiger partial charge in [-0.25, -0.2) is 8.42 Å². The first-order chi connectivity index (χ1) is 12.0. The molecule has 0 aliphatic heterocycles. The summed E-state index contributed by atoms with van der Waals surface area (Å²) in [4.78, 5) is 12.5. The average molecular weight is 413 g/mol. The zero-order valence-corrected chi connectivity index (χ0v) is 15.8. The van der Waals surface area contributed by atoms with Crippen molar-refractivity contribution < 1.29 is 31.1 Å². The molecule has 0 heterocycles. The summed E-state index contributed by atoms with van der Waals surface area (Å²) in [5.41, 5.74) is 0.0247. The maximum atomic E-state index is 12.7. The van der Waals surface area contributed by atoms with Gasteiger partial charge in [0.05, 0.1) is 16.5 Å². The molecule has 0 aromatic heterocycles. The van der Waals surface area contributed by atoms with E-state index in [1.807, 2.05) is 0 Å². The normalized spacial score (nSPS) is 16.7. The van der Waals surface area contributed by atoms with Crippen LogP contribution in [-0.4, -0.2) is 33.2 Å². The molecule has 4 nitrogen and oxygen atoms in total. The summed E-state index contributed by atoms with van der Waals surface area (Å²) in [7, 11) is -3.75. The standard InChI is InChI=1S/C17H20ClF3O4S/c1-26(23,24)14-8-7-12(16(22)11-5-3-2-4-6-11)15(18)13(14)9-25-10-17(19,20)21/h7-8,11H,2-6,9-10H2,1H3. The number of hydrogen-bond acceptors (Lipinski definition) is 4. The number of alkyl halides is 3. The molecule has 0 bridgehead atoms. The highest BCUT2D eigenvalue weighted by atomic mass is 35.5. The van der Waals surface area contributed by atoms with Gasteiger partial charge in [0.25, 0.3) is 0 Å². The lowest BCUT2D eigenvalue weighted by atomic mass is 9.83. The van der Waals surface area contributed by atoms with E-state index in [0.29, 0.717) is 0 Å². The predicted molar refractivity (Wildman–Crippen MR) is 91.2 cm³/mol. The number of rotatable bonds is 6. The van der Waals surface area contributed by atoms with Crippen LogP contribution in [0.15, 0.2) is 17.0 Å². The molecule has 2 rings (SSSR count). The van der Waals surface area contributed by atoms with Crippen molar-refractivity contribution in [3.63, 3.8) is 0 Å². The van der Waals surface area contributed by atoms with Gasteiger partial charge >= 0.3 is 6.18 Å². The first-order valence-electron chi connectivity index (χ1n) is 8.21. The minimum Gasteiger partial charge on any atom is -0.367 e. The molecule has 1 aromatic carbocycles. The second-order valence-electron chi connectivity index (χ2n) is 6.48. The third-order valence-corrected chi connectivity index (χ3v) is 5.97. The Hall–Kier alpha value is -1.12. The minimum atomic E-state index is -4.55. The Kier molecular flexibility index (Phi) is 6.74. The molecule has 0 radical (unpaired) electrons. The van der Waals surface area contributed by atoms with E-state index in [4.69, 9.17) is 11.6 Å². The van der Waals surface area contributed by atoms with Gasteiger partial charge in [-0.1, -0.05) is 30.9 Å². The van der Waals surface area contributed by atoms with Crippen molar-refractivity contribution in [3.8, 4) is 0 Å².